The van der Waals surface area contributed by atoms with Gasteiger partial charge in [0.05, 0.1) is 12.9 Å². The lowest BCUT2D eigenvalue weighted by molar-refractivity contribution is 0.265. The van der Waals surface area contributed by atoms with E-state index in [2.05, 4.69) is 15.3 Å². The Morgan fingerprint density at radius 1 is 1.48 bits per heavy atom. The Morgan fingerprint density at radius 2 is 2.29 bits per heavy atom. The Bertz CT molecular complexity index is 564. The van der Waals surface area contributed by atoms with Gasteiger partial charge in [-0.25, -0.2) is 22.7 Å². The van der Waals surface area contributed by atoms with Crippen LogP contribution < -0.4 is 5.32 Å². The topological polar surface area (TPSA) is 95.4 Å². The van der Waals surface area contributed by atoms with Crippen LogP contribution in [-0.4, -0.2) is 60.3 Å². The van der Waals surface area contributed by atoms with Crippen LogP contribution in [0.1, 0.15) is 18.5 Å². The highest BCUT2D eigenvalue weighted by Crippen LogP contribution is 2.22. The van der Waals surface area contributed by atoms with Gasteiger partial charge in [-0.3, -0.25) is 0 Å². The van der Waals surface area contributed by atoms with Gasteiger partial charge in [-0.05, 0) is 25.2 Å². The van der Waals surface area contributed by atoms with E-state index < -0.39 is 10.0 Å². The Kier molecular flexibility index (Phi) is 5.49. The molecule has 1 atom stereocenters. The van der Waals surface area contributed by atoms with Crippen LogP contribution in [0.4, 0.5) is 5.82 Å². The molecule has 1 aromatic rings. The summed E-state index contributed by atoms with van der Waals surface area (Å²) in [6.45, 7) is 1.66. The van der Waals surface area contributed by atoms with E-state index in [-0.39, 0.29) is 12.5 Å². The molecule has 0 bridgehead atoms. The first-order valence-electron chi connectivity index (χ1n) is 7.10. The molecular formula is C13H22N4O3S. The molecule has 2 rings (SSSR count). The van der Waals surface area contributed by atoms with Crippen LogP contribution in [0.5, 0.6) is 0 Å². The third-order valence-corrected chi connectivity index (χ3v) is 4.86. The molecule has 2 heterocycles. The number of nitrogens with one attached hydrogen (secondary N) is 1. The van der Waals surface area contributed by atoms with Crippen molar-refractivity contribution in [2.45, 2.75) is 19.3 Å². The maximum atomic E-state index is 11.6. The minimum absolute atomic E-state index is 0.0469. The van der Waals surface area contributed by atoms with Crippen LogP contribution in [0.2, 0.25) is 0 Å². The molecule has 0 unspecified atom stereocenters. The summed E-state index contributed by atoms with van der Waals surface area (Å²) in [5, 5.41) is 11.8. The number of piperidine rings is 1. The summed E-state index contributed by atoms with van der Waals surface area (Å²) >= 11 is 0. The fraction of sp³-hybridized carbons (Fsp3) is 0.692. The summed E-state index contributed by atoms with van der Waals surface area (Å²) < 4.78 is 24.8. The second kappa shape index (κ2) is 7.15. The first kappa shape index (κ1) is 16.1. The normalized spacial score (nSPS) is 20.4. The highest BCUT2D eigenvalue weighted by atomic mass is 32.2. The Labute approximate surface area is 125 Å². The van der Waals surface area contributed by atoms with Gasteiger partial charge in [0.1, 0.15) is 12.1 Å². The number of nitrogens with zero attached hydrogens (tertiary/aromatic N) is 3. The third kappa shape index (κ3) is 4.90. The van der Waals surface area contributed by atoms with E-state index in [1.54, 1.807) is 4.31 Å². The quantitative estimate of drug-likeness (QED) is 0.773. The molecule has 0 radical (unpaired) electrons. The Balaban J connectivity index is 1.97. The van der Waals surface area contributed by atoms with Crippen LogP contribution in [0.3, 0.4) is 0 Å². The van der Waals surface area contributed by atoms with Gasteiger partial charge in [-0.15, -0.1) is 0 Å². The van der Waals surface area contributed by atoms with Crippen molar-refractivity contribution < 1.29 is 13.5 Å². The van der Waals surface area contributed by atoms with Gasteiger partial charge in [0.25, 0.3) is 0 Å². The zero-order valence-electron chi connectivity index (χ0n) is 12.2. The molecule has 1 aliphatic heterocycles. The van der Waals surface area contributed by atoms with Gasteiger partial charge in [-0.1, -0.05) is 0 Å². The van der Waals surface area contributed by atoms with Crippen LogP contribution >= 0.6 is 0 Å². The van der Waals surface area contributed by atoms with Crippen LogP contribution in [0.15, 0.2) is 12.4 Å². The summed E-state index contributed by atoms with van der Waals surface area (Å²) in [6, 6.07) is 1.86. The lowest BCUT2D eigenvalue weighted by atomic mass is 9.94. The molecule has 7 nitrogen and oxygen atoms in total. The predicted octanol–water partition coefficient (Wildman–Crippen LogP) is 0.0949. The number of aliphatic hydroxyl groups excluding tert-OH is 1. The number of hydrogen-bond acceptors (Lipinski definition) is 6. The fourth-order valence-electron chi connectivity index (χ4n) is 2.58. The van der Waals surface area contributed by atoms with E-state index in [1.165, 1.54) is 12.6 Å². The average Bonchev–Trinajstić information content (AvgIpc) is 2.45. The zero-order chi connectivity index (χ0) is 15.3. The standard InChI is InChI=1S/C13H22N4O3S/c1-21(19,20)17-5-2-3-11(9-17)7-12-8-13(14-4-6-18)16-10-15-12/h8,10-11,18H,2-7,9H2,1H3,(H,14,15,16)/t11-/m0/s1. The van der Waals surface area contributed by atoms with Crippen molar-refractivity contribution in [3.05, 3.63) is 18.1 Å². The summed E-state index contributed by atoms with van der Waals surface area (Å²) in [5.41, 5.74) is 0.894. The van der Waals surface area contributed by atoms with Gasteiger partial charge in [0.2, 0.25) is 10.0 Å². The zero-order valence-corrected chi connectivity index (χ0v) is 13.0. The molecule has 1 saturated heterocycles. The van der Waals surface area contributed by atoms with E-state index in [4.69, 9.17) is 5.11 Å². The first-order valence-corrected chi connectivity index (χ1v) is 8.94. The third-order valence-electron chi connectivity index (χ3n) is 3.59. The van der Waals surface area contributed by atoms with Crippen molar-refractivity contribution >= 4 is 15.8 Å². The van der Waals surface area contributed by atoms with E-state index in [0.717, 1.165) is 25.0 Å². The average molecular weight is 314 g/mol. The number of aliphatic hydroxyl groups is 1. The molecular weight excluding hydrogens is 292 g/mol. The van der Waals surface area contributed by atoms with Gasteiger partial charge >= 0.3 is 0 Å². The maximum absolute atomic E-state index is 11.6. The number of sulfonamides is 1. The molecule has 1 aromatic heterocycles. The van der Waals surface area contributed by atoms with Crippen molar-refractivity contribution in [2.24, 2.45) is 5.92 Å². The maximum Gasteiger partial charge on any atom is 0.211 e. The van der Waals surface area contributed by atoms with E-state index >= 15 is 0 Å². The molecule has 2 N–H and O–H groups in total. The van der Waals surface area contributed by atoms with Crippen molar-refractivity contribution in [1.82, 2.24) is 14.3 Å². The lowest BCUT2D eigenvalue weighted by Gasteiger charge is -2.30. The second-order valence-corrected chi connectivity index (χ2v) is 7.36. The van der Waals surface area contributed by atoms with Crippen molar-refractivity contribution in [1.29, 1.82) is 0 Å². The van der Waals surface area contributed by atoms with E-state index in [9.17, 15) is 8.42 Å². The van der Waals surface area contributed by atoms with Crippen molar-refractivity contribution in [3.8, 4) is 0 Å². The molecule has 1 aliphatic rings. The number of rotatable bonds is 6. The summed E-state index contributed by atoms with van der Waals surface area (Å²) in [6.07, 6.45) is 5.39. The van der Waals surface area contributed by atoms with Crippen LogP contribution in [0.25, 0.3) is 0 Å². The molecule has 0 aromatic carbocycles. The summed E-state index contributed by atoms with van der Waals surface area (Å²) in [5.74, 6) is 0.971. The molecule has 0 amide bonds. The van der Waals surface area contributed by atoms with Crippen molar-refractivity contribution in [2.75, 3.05) is 37.8 Å². The van der Waals surface area contributed by atoms with Crippen LogP contribution in [0, 0.1) is 5.92 Å². The fourth-order valence-corrected chi connectivity index (χ4v) is 3.52. The highest BCUT2D eigenvalue weighted by molar-refractivity contribution is 7.88. The first-order chi connectivity index (χ1) is 9.99. The van der Waals surface area contributed by atoms with E-state index in [1.807, 2.05) is 6.07 Å². The molecule has 1 fully saturated rings. The predicted molar refractivity (Wildman–Crippen MR) is 80.5 cm³/mol. The highest BCUT2D eigenvalue weighted by Gasteiger charge is 2.26. The number of aromatic nitrogens is 2. The molecule has 21 heavy (non-hydrogen) atoms. The Morgan fingerprint density at radius 3 is 3.00 bits per heavy atom. The van der Waals surface area contributed by atoms with Gasteiger partial charge in [-0.2, -0.15) is 0 Å². The minimum Gasteiger partial charge on any atom is -0.395 e. The Hall–Kier alpha value is -1.25. The molecule has 118 valence electrons. The summed E-state index contributed by atoms with van der Waals surface area (Å²) in [7, 11) is -3.11. The van der Waals surface area contributed by atoms with E-state index in [0.29, 0.717) is 25.5 Å². The van der Waals surface area contributed by atoms with Gasteiger partial charge in [0, 0.05) is 31.4 Å². The smallest absolute Gasteiger partial charge is 0.211 e. The summed E-state index contributed by atoms with van der Waals surface area (Å²) in [4.78, 5) is 8.33. The SMILES string of the molecule is CS(=O)(=O)N1CCC[C@@H](Cc2cc(NCCO)ncn2)C1. The molecule has 8 heteroatoms. The molecule has 0 saturated carbocycles. The number of anilines is 1. The largest absolute Gasteiger partial charge is 0.395 e. The monoisotopic (exact) mass is 314 g/mol. The van der Waals surface area contributed by atoms with Crippen molar-refractivity contribution in [3.63, 3.8) is 0 Å². The van der Waals surface area contributed by atoms with Gasteiger partial charge in [0.15, 0.2) is 0 Å². The lowest BCUT2D eigenvalue weighted by Crippen LogP contribution is -2.39. The molecule has 0 spiro atoms. The number of hydrogen-bond donors (Lipinski definition) is 2. The second-order valence-electron chi connectivity index (χ2n) is 5.38. The van der Waals surface area contributed by atoms with Gasteiger partial charge < -0.3 is 10.4 Å². The molecule has 0 aliphatic carbocycles. The van der Waals surface area contributed by atoms with Crippen LogP contribution in [-0.2, 0) is 16.4 Å². The minimum atomic E-state index is -3.11.